The van der Waals surface area contributed by atoms with Gasteiger partial charge in [-0.15, -0.1) is 0 Å². The van der Waals surface area contributed by atoms with E-state index in [2.05, 4.69) is 22.0 Å². The van der Waals surface area contributed by atoms with Crippen LogP contribution in [-0.2, 0) is 4.74 Å². The van der Waals surface area contributed by atoms with Gasteiger partial charge in [0.25, 0.3) is 0 Å². The van der Waals surface area contributed by atoms with Crippen molar-refractivity contribution in [3.05, 3.63) is 0 Å². The van der Waals surface area contributed by atoms with Crippen LogP contribution in [0.15, 0.2) is 0 Å². The molecule has 0 unspecified atom stereocenters. The summed E-state index contributed by atoms with van der Waals surface area (Å²) in [6, 6.07) is 0.818. The molecule has 4 heteroatoms. The fourth-order valence-electron chi connectivity index (χ4n) is 2.32. The van der Waals surface area contributed by atoms with Crippen molar-refractivity contribution in [1.29, 1.82) is 0 Å². The molecule has 0 radical (unpaired) electrons. The zero-order valence-electron chi connectivity index (χ0n) is 10.5. The Morgan fingerprint density at radius 1 is 1.12 bits per heavy atom. The van der Waals surface area contributed by atoms with Crippen molar-refractivity contribution < 1.29 is 4.74 Å². The Labute approximate surface area is 98.9 Å². The first-order chi connectivity index (χ1) is 7.90. The third-order valence-electron chi connectivity index (χ3n) is 3.58. The quantitative estimate of drug-likeness (QED) is 0.647. The highest BCUT2D eigenvalue weighted by molar-refractivity contribution is 4.87. The normalized spacial score (nSPS) is 24.6. The largest absolute Gasteiger partial charge is 0.380 e. The molecule has 2 fully saturated rings. The van der Waals surface area contributed by atoms with Gasteiger partial charge in [0.05, 0.1) is 6.61 Å². The summed E-state index contributed by atoms with van der Waals surface area (Å²) in [6.45, 7) is 12.4. The molecule has 0 spiro atoms. The molecular formula is C12H25N3O. The molecule has 0 aromatic heterocycles. The number of hydrogen-bond acceptors (Lipinski definition) is 4. The summed E-state index contributed by atoms with van der Waals surface area (Å²) in [5.74, 6) is 0. The highest BCUT2D eigenvalue weighted by atomic mass is 16.5. The molecule has 2 saturated heterocycles. The predicted molar refractivity (Wildman–Crippen MR) is 65.8 cm³/mol. The summed E-state index contributed by atoms with van der Waals surface area (Å²) < 4.78 is 5.53. The molecule has 0 bridgehead atoms. The summed E-state index contributed by atoms with van der Waals surface area (Å²) in [7, 11) is 0. The third kappa shape index (κ3) is 3.42. The first-order valence-electron chi connectivity index (χ1n) is 6.65. The Balaban J connectivity index is 1.54. The molecular weight excluding hydrogens is 202 g/mol. The summed E-state index contributed by atoms with van der Waals surface area (Å²) in [6.07, 6.45) is 1.13. The van der Waals surface area contributed by atoms with E-state index in [1.54, 1.807) is 0 Å². The minimum atomic E-state index is 0.818. The molecule has 2 aliphatic heterocycles. The van der Waals surface area contributed by atoms with Gasteiger partial charge in [-0.05, 0) is 6.42 Å². The van der Waals surface area contributed by atoms with Gasteiger partial charge in [0.15, 0.2) is 0 Å². The minimum Gasteiger partial charge on any atom is -0.380 e. The third-order valence-corrected chi connectivity index (χ3v) is 3.58. The van der Waals surface area contributed by atoms with E-state index in [0.717, 1.165) is 32.2 Å². The van der Waals surface area contributed by atoms with Crippen LogP contribution in [0.2, 0.25) is 0 Å². The van der Waals surface area contributed by atoms with Crippen molar-refractivity contribution in [3.8, 4) is 0 Å². The van der Waals surface area contributed by atoms with Crippen LogP contribution in [0.1, 0.15) is 13.3 Å². The van der Waals surface area contributed by atoms with Gasteiger partial charge in [-0.25, -0.2) is 0 Å². The SMILES string of the molecule is CCCOCCN1CCN(C2CNC2)CC1. The fourth-order valence-corrected chi connectivity index (χ4v) is 2.32. The maximum Gasteiger partial charge on any atom is 0.0593 e. The average Bonchev–Trinajstić information content (AvgIpc) is 2.24. The summed E-state index contributed by atoms with van der Waals surface area (Å²) >= 11 is 0. The van der Waals surface area contributed by atoms with Gasteiger partial charge in [0.2, 0.25) is 0 Å². The lowest BCUT2D eigenvalue weighted by molar-refractivity contribution is 0.0493. The molecule has 0 amide bonds. The maximum atomic E-state index is 5.53. The second-order valence-corrected chi connectivity index (χ2v) is 4.80. The predicted octanol–water partition coefficient (Wildman–Crippen LogP) is 0.00240. The molecule has 0 aliphatic carbocycles. The number of ether oxygens (including phenoxy) is 1. The zero-order valence-corrected chi connectivity index (χ0v) is 10.5. The standard InChI is InChI=1S/C12H25N3O/c1-2-8-16-9-7-14-3-5-15(6-4-14)12-10-13-11-12/h12-13H,2-11H2,1H3. The van der Waals surface area contributed by atoms with E-state index in [4.69, 9.17) is 4.74 Å². The van der Waals surface area contributed by atoms with Crippen molar-refractivity contribution in [2.24, 2.45) is 0 Å². The van der Waals surface area contributed by atoms with Crippen LogP contribution in [0.25, 0.3) is 0 Å². The van der Waals surface area contributed by atoms with Gasteiger partial charge in [-0.3, -0.25) is 9.80 Å². The molecule has 16 heavy (non-hydrogen) atoms. The number of nitrogens with zero attached hydrogens (tertiary/aromatic N) is 2. The van der Waals surface area contributed by atoms with Crippen molar-refractivity contribution in [1.82, 2.24) is 15.1 Å². The lowest BCUT2D eigenvalue weighted by Crippen LogP contribution is -2.61. The van der Waals surface area contributed by atoms with Gasteiger partial charge in [-0.2, -0.15) is 0 Å². The Hall–Kier alpha value is -0.160. The van der Waals surface area contributed by atoms with Crippen LogP contribution in [0, 0.1) is 0 Å². The summed E-state index contributed by atoms with van der Waals surface area (Å²) in [5.41, 5.74) is 0. The second-order valence-electron chi connectivity index (χ2n) is 4.80. The zero-order chi connectivity index (χ0) is 11.2. The van der Waals surface area contributed by atoms with Gasteiger partial charge in [-0.1, -0.05) is 6.92 Å². The van der Waals surface area contributed by atoms with E-state index in [0.29, 0.717) is 0 Å². The number of nitrogens with one attached hydrogen (secondary N) is 1. The van der Waals surface area contributed by atoms with Crippen LogP contribution >= 0.6 is 0 Å². The fraction of sp³-hybridized carbons (Fsp3) is 1.00. The van der Waals surface area contributed by atoms with Crippen LogP contribution in [0.5, 0.6) is 0 Å². The van der Waals surface area contributed by atoms with Crippen LogP contribution in [-0.4, -0.2) is 74.9 Å². The first kappa shape index (κ1) is 12.3. The highest BCUT2D eigenvalue weighted by Crippen LogP contribution is 2.09. The van der Waals surface area contributed by atoms with Crippen molar-refractivity contribution in [2.45, 2.75) is 19.4 Å². The Morgan fingerprint density at radius 2 is 1.88 bits per heavy atom. The second kappa shape index (κ2) is 6.55. The molecule has 0 aromatic carbocycles. The van der Waals surface area contributed by atoms with E-state index in [1.165, 1.54) is 39.3 Å². The van der Waals surface area contributed by atoms with Crippen LogP contribution in [0.3, 0.4) is 0 Å². The molecule has 4 nitrogen and oxygen atoms in total. The van der Waals surface area contributed by atoms with Crippen LogP contribution < -0.4 is 5.32 Å². The van der Waals surface area contributed by atoms with Gasteiger partial charge < -0.3 is 10.1 Å². The highest BCUT2D eigenvalue weighted by Gasteiger charge is 2.27. The Bertz CT molecular complexity index is 189. The van der Waals surface area contributed by atoms with E-state index in [-0.39, 0.29) is 0 Å². The van der Waals surface area contributed by atoms with Gasteiger partial charge >= 0.3 is 0 Å². The minimum absolute atomic E-state index is 0.818. The van der Waals surface area contributed by atoms with Gasteiger partial charge in [0.1, 0.15) is 0 Å². The smallest absolute Gasteiger partial charge is 0.0593 e. The number of rotatable bonds is 6. The van der Waals surface area contributed by atoms with Crippen molar-refractivity contribution >= 4 is 0 Å². The Kier molecular flexibility index (Phi) is 5.03. The lowest BCUT2D eigenvalue weighted by atomic mass is 10.1. The topological polar surface area (TPSA) is 27.7 Å². The number of hydrogen-bond donors (Lipinski definition) is 1. The summed E-state index contributed by atoms with van der Waals surface area (Å²) in [5, 5.41) is 3.34. The van der Waals surface area contributed by atoms with E-state index in [9.17, 15) is 0 Å². The molecule has 0 aromatic rings. The monoisotopic (exact) mass is 227 g/mol. The molecule has 0 atom stereocenters. The average molecular weight is 227 g/mol. The molecule has 1 N–H and O–H groups in total. The molecule has 94 valence electrons. The molecule has 2 heterocycles. The molecule has 2 rings (SSSR count). The first-order valence-corrected chi connectivity index (χ1v) is 6.65. The lowest BCUT2D eigenvalue weighted by Gasteiger charge is -2.43. The number of piperazine rings is 1. The van der Waals surface area contributed by atoms with E-state index in [1.807, 2.05) is 0 Å². The van der Waals surface area contributed by atoms with Crippen molar-refractivity contribution in [2.75, 3.05) is 59.0 Å². The summed E-state index contributed by atoms with van der Waals surface area (Å²) in [4.78, 5) is 5.15. The molecule has 0 saturated carbocycles. The van der Waals surface area contributed by atoms with Crippen molar-refractivity contribution in [3.63, 3.8) is 0 Å². The maximum absolute atomic E-state index is 5.53. The van der Waals surface area contributed by atoms with Gasteiger partial charge in [0, 0.05) is 58.5 Å². The Morgan fingerprint density at radius 3 is 2.44 bits per heavy atom. The molecule has 2 aliphatic rings. The van der Waals surface area contributed by atoms with E-state index < -0.39 is 0 Å². The van der Waals surface area contributed by atoms with E-state index >= 15 is 0 Å². The van der Waals surface area contributed by atoms with Crippen LogP contribution in [0.4, 0.5) is 0 Å².